The number of aliphatic hydroxyl groups excluding tert-OH is 1. The minimum absolute atomic E-state index is 0.0159. The van der Waals surface area contributed by atoms with Gasteiger partial charge in [0.2, 0.25) is 0 Å². The van der Waals surface area contributed by atoms with Crippen LogP contribution in [0.3, 0.4) is 0 Å². The lowest BCUT2D eigenvalue weighted by Gasteiger charge is -2.10. The van der Waals surface area contributed by atoms with Crippen LogP contribution in [0.1, 0.15) is 12.5 Å². The summed E-state index contributed by atoms with van der Waals surface area (Å²) in [6.07, 6.45) is -4.08. The van der Waals surface area contributed by atoms with E-state index in [4.69, 9.17) is 0 Å². The quantitative estimate of drug-likeness (QED) is 0.907. The predicted molar refractivity (Wildman–Crippen MR) is 62.7 cm³/mol. The standard InChI is InChI=1S/C12H11F3N2O2/c1-7(18)5-17-6-16-10-3-2-8(12(13,14)15)4-9(10)11(17)19/h2-4,6-7,18H,5H2,1H3. The highest BCUT2D eigenvalue weighted by atomic mass is 19.4. The number of nitrogens with zero attached hydrogens (tertiary/aromatic N) is 2. The topological polar surface area (TPSA) is 55.1 Å². The first kappa shape index (κ1) is 13.5. The fraction of sp³-hybridized carbons (Fsp3) is 0.333. The van der Waals surface area contributed by atoms with Crippen LogP contribution in [0.2, 0.25) is 0 Å². The lowest BCUT2D eigenvalue weighted by atomic mass is 10.1. The highest BCUT2D eigenvalue weighted by Crippen LogP contribution is 2.30. The van der Waals surface area contributed by atoms with Crippen LogP contribution >= 0.6 is 0 Å². The van der Waals surface area contributed by atoms with Gasteiger partial charge in [-0.15, -0.1) is 0 Å². The van der Waals surface area contributed by atoms with Crippen molar-refractivity contribution >= 4 is 10.9 Å². The van der Waals surface area contributed by atoms with Crippen molar-refractivity contribution in [2.75, 3.05) is 0 Å². The van der Waals surface area contributed by atoms with E-state index < -0.39 is 23.4 Å². The number of aromatic nitrogens is 2. The Morgan fingerprint density at radius 1 is 1.42 bits per heavy atom. The second kappa shape index (κ2) is 4.65. The molecule has 4 nitrogen and oxygen atoms in total. The molecule has 1 unspecified atom stereocenters. The molecule has 19 heavy (non-hydrogen) atoms. The Bertz CT molecular complexity index is 662. The SMILES string of the molecule is CC(O)Cn1cnc2ccc(C(F)(F)F)cc2c1=O. The van der Waals surface area contributed by atoms with E-state index in [9.17, 15) is 23.1 Å². The third-order valence-electron chi connectivity index (χ3n) is 2.61. The molecule has 1 aromatic carbocycles. The molecule has 0 amide bonds. The number of halogens is 3. The Morgan fingerprint density at radius 2 is 2.11 bits per heavy atom. The summed E-state index contributed by atoms with van der Waals surface area (Å²) in [7, 11) is 0. The number of hydrogen-bond acceptors (Lipinski definition) is 3. The van der Waals surface area contributed by atoms with Crippen molar-refractivity contribution in [3.8, 4) is 0 Å². The van der Waals surface area contributed by atoms with E-state index >= 15 is 0 Å². The third-order valence-corrected chi connectivity index (χ3v) is 2.61. The van der Waals surface area contributed by atoms with Crippen molar-refractivity contribution in [2.24, 2.45) is 0 Å². The largest absolute Gasteiger partial charge is 0.416 e. The lowest BCUT2D eigenvalue weighted by molar-refractivity contribution is -0.137. The molecule has 102 valence electrons. The van der Waals surface area contributed by atoms with Crippen molar-refractivity contribution in [1.82, 2.24) is 9.55 Å². The fourth-order valence-corrected chi connectivity index (χ4v) is 1.75. The van der Waals surface area contributed by atoms with Gasteiger partial charge in [-0.1, -0.05) is 0 Å². The second-order valence-corrected chi connectivity index (χ2v) is 4.28. The zero-order chi connectivity index (χ0) is 14.2. The summed E-state index contributed by atoms with van der Waals surface area (Å²) < 4.78 is 38.9. The van der Waals surface area contributed by atoms with E-state index in [-0.39, 0.29) is 17.4 Å². The van der Waals surface area contributed by atoms with Crippen LogP contribution in [-0.4, -0.2) is 20.8 Å². The number of benzene rings is 1. The molecule has 1 N–H and O–H groups in total. The van der Waals surface area contributed by atoms with Gasteiger partial charge in [0.1, 0.15) is 0 Å². The maximum absolute atomic E-state index is 12.6. The molecule has 0 spiro atoms. The maximum Gasteiger partial charge on any atom is 0.416 e. The summed E-state index contributed by atoms with van der Waals surface area (Å²) in [5, 5.41) is 9.11. The van der Waals surface area contributed by atoms with Crippen LogP contribution in [-0.2, 0) is 12.7 Å². The van der Waals surface area contributed by atoms with Gasteiger partial charge in [0.05, 0.1) is 35.4 Å². The Kier molecular flexibility index (Phi) is 3.32. The van der Waals surface area contributed by atoms with Gasteiger partial charge in [0.25, 0.3) is 5.56 Å². The molecule has 1 atom stereocenters. The van der Waals surface area contributed by atoms with Gasteiger partial charge in [-0.3, -0.25) is 9.36 Å². The van der Waals surface area contributed by atoms with Gasteiger partial charge >= 0.3 is 6.18 Å². The molecule has 0 aliphatic rings. The molecule has 7 heteroatoms. The fourth-order valence-electron chi connectivity index (χ4n) is 1.75. The summed E-state index contributed by atoms with van der Waals surface area (Å²) in [5.41, 5.74) is -1.30. The van der Waals surface area contributed by atoms with Crippen molar-refractivity contribution < 1.29 is 18.3 Å². The summed E-state index contributed by atoms with van der Waals surface area (Å²) in [6, 6.07) is 2.82. The number of alkyl halides is 3. The van der Waals surface area contributed by atoms with Gasteiger partial charge in [-0.05, 0) is 25.1 Å². The third kappa shape index (κ3) is 2.76. The van der Waals surface area contributed by atoms with Crippen LogP contribution < -0.4 is 5.56 Å². The summed E-state index contributed by atoms with van der Waals surface area (Å²) in [4.78, 5) is 15.9. The number of hydrogen-bond donors (Lipinski definition) is 1. The first-order chi connectivity index (χ1) is 8.79. The Balaban J connectivity index is 2.63. The Hall–Kier alpha value is -1.89. The molecule has 1 heterocycles. The van der Waals surface area contributed by atoms with Gasteiger partial charge in [-0.2, -0.15) is 13.2 Å². The van der Waals surface area contributed by atoms with Crippen LogP contribution in [0.5, 0.6) is 0 Å². The van der Waals surface area contributed by atoms with Crippen LogP contribution in [0, 0.1) is 0 Å². The molecule has 0 saturated carbocycles. The molecular weight excluding hydrogens is 261 g/mol. The van der Waals surface area contributed by atoms with E-state index in [2.05, 4.69) is 4.98 Å². The van der Waals surface area contributed by atoms with Crippen LogP contribution in [0.15, 0.2) is 29.3 Å². The number of fused-ring (bicyclic) bond motifs is 1. The highest BCUT2D eigenvalue weighted by Gasteiger charge is 2.30. The Morgan fingerprint density at radius 3 is 2.68 bits per heavy atom. The normalized spacial score (nSPS) is 13.7. The van der Waals surface area contributed by atoms with E-state index in [1.165, 1.54) is 13.3 Å². The van der Waals surface area contributed by atoms with E-state index in [0.717, 1.165) is 22.8 Å². The first-order valence-corrected chi connectivity index (χ1v) is 5.53. The lowest BCUT2D eigenvalue weighted by Crippen LogP contribution is -2.25. The van der Waals surface area contributed by atoms with Gasteiger partial charge in [-0.25, -0.2) is 4.98 Å². The number of aliphatic hydroxyl groups is 1. The van der Waals surface area contributed by atoms with Crippen LogP contribution in [0.25, 0.3) is 10.9 Å². The zero-order valence-electron chi connectivity index (χ0n) is 9.98. The molecule has 0 saturated heterocycles. The van der Waals surface area contributed by atoms with Crippen molar-refractivity contribution in [3.05, 3.63) is 40.4 Å². The first-order valence-electron chi connectivity index (χ1n) is 5.53. The molecule has 0 bridgehead atoms. The second-order valence-electron chi connectivity index (χ2n) is 4.28. The molecule has 2 rings (SSSR count). The predicted octanol–water partition coefficient (Wildman–Crippen LogP) is 1.80. The van der Waals surface area contributed by atoms with Gasteiger partial charge in [0, 0.05) is 0 Å². The van der Waals surface area contributed by atoms with E-state index in [1.807, 2.05) is 0 Å². The maximum atomic E-state index is 12.6. The van der Waals surface area contributed by atoms with Crippen molar-refractivity contribution in [2.45, 2.75) is 25.7 Å². The van der Waals surface area contributed by atoms with Gasteiger partial charge in [0.15, 0.2) is 0 Å². The smallest absolute Gasteiger partial charge is 0.392 e. The minimum atomic E-state index is -4.51. The Labute approximate surface area is 106 Å². The molecule has 0 aliphatic heterocycles. The molecule has 1 aromatic heterocycles. The zero-order valence-corrected chi connectivity index (χ0v) is 9.98. The molecule has 2 aromatic rings. The highest BCUT2D eigenvalue weighted by molar-refractivity contribution is 5.78. The average Bonchev–Trinajstić information content (AvgIpc) is 2.31. The summed E-state index contributed by atoms with van der Waals surface area (Å²) in [6.45, 7) is 1.46. The molecule has 0 radical (unpaired) electrons. The van der Waals surface area contributed by atoms with Crippen molar-refractivity contribution in [1.29, 1.82) is 0 Å². The molecule has 0 aliphatic carbocycles. The summed E-state index contributed by atoms with van der Waals surface area (Å²) >= 11 is 0. The number of rotatable bonds is 2. The van der Waals surface area contributed by atoms with Crippen molar-refractivity contribution in [3.63, 3.8) is 0 Å². The van der Waals surface area contributed by atoms with E-state index in [1.54, 1.807) is 0 Å². The summed E-state index contributed by atoms with van der Waals surface area (Å²) in [5.74, 6) is 0. The van der Waals surface area contributed by atoms with Gasteiger partial charge < -0.3 is 5.11 Å². The van der Waals surface area contributed by atoms with E-state index in [0.29, 0.717) is 0 Å². The molecular formula is C12H11F3N2O2. The molecule has 0 fully saturated rings. The average molecular weight is 272 g/mol. The minimum Gasteiger partial charge on any atom is -0.392 e. The van der Waals surface area contributed by atoms with Crippen LogP contribution in [0.4, 0.5) is 13.2 Å². The monoisotopic (exact) mass is 272 g/mol.